The number of aliphatic carboxylic acids is 1. The second-order valence-electron chi connectivity index (χ2n) is 4.16. The summed E-state index contributed by atoms with van der Waals surface area (Å²) in [4.78, 5) is 35.3. The summed E-state index contributed by atoms with van der Waals surface area (Å²) in [5.74, 6) is -2.13. The highest BCUT2D eigenvalue weighted by molar-refractivity contribution is 6.30. The fourth-order valence-electron chi connectivity index (χ4n) is 1.68. The maximum Gasteiger partial charge on any atom is 0.323 e. The van der Waals surface area contributed by atoms with Gasteiger partial charge in [0.05, 0.1) is 13.0 Å². The van der Waals surface area contributed by atoms with Gasteiger partial charge in [-0.2, -0.15) is 0 Å². The third kappa shape index (κ3) is 5.83. The molecule has 1 rings (SSSR count). The molecule has 0 radical (unpaired) electrons. The van der Waals surface area contributed by atoms with E-state index in [1.54, 1.807) is 25.1 Å². The van der Waals surface area contributed by atoms with E-state index < -0.39 is 24.4 Å². The van der Waals surface area contributed by atoms with Gasteiger partial charge >= 0.3 is 11.9 Å². The lowest BCUT2D eigenvalue weighted by molar-refractivity contribution is -0.144. The molecule has 0 fully saturated rings. The lowest BCUT2D eigenvalue weighted by Gasteiger charge is -2.21. The minimum Gasteiger partial charge on any atom is -0.480 e. The first kappa shape index (κ1) is 17.0. The number of hydrogen-bond acceptors (Lipinski definition) is 4. The maximum atomic E-state index is 12.1. The second kappa shape index (κ2) is 8.26. The summed E-state index contributed by atoms with van der Waals surface area (Å²) in [5.41, 5.74) is 0.374. The van der Waals surface area contributed by atoms with Gasteiger partial charge in [-0.15, -0.1) is 0 Å². The maximum absolute atomic E-state index is 12.1. The van der Waals surface area contributed by atoms with Crippen molar-refractivity contribution >= 4 is 35.1 Å². The number of carboxylic acid groups (broad SMARTS) is 1. The Kier molecular flexibility index (Phi) is 6.68. The van der Waals surface area contributed by atoms with Crippen molar-refractivity contribution in [1.29, 1.82) is 0 Å². The summed E-state index contributed by atoms with van der Waals surface area (Å²) in [7, 11) is 0. The monoisotopic (exact) mass is 313 g/mol. The molecule has 1 aromatic carbocycles. The Morgan fingerprint density at radius 2 is 2.00 bits per heavy atom. The number of rotatable bonds is 7. The van der Waals surface area contributed by atoms with Gasteiger partial charge in [-0.05, 0) is 25.1 Å². The van der Waals surface area contributed by atoms with Crippen molar-refractivity contribution in [2.75, 3.05) is 18.1 Å². The van der Waals surface area contributed by atoms with E-state index in [9.17, 15) is 14.4 Å². The molecule has 0 bridgehead atoms. The second-order valence-corrected chi connectivity index (χ2v) is 4.59. The van der Waals surface area contributed by atoms with Crippen molar-refractivity contribution in [3.63, 3.8) is 0 Å². The van der Waals surface area contributed by atoms with E-state index in [2.05, 4.69) is 0 Å². The van der Waals surface area contributed by atoms with Crippen molar-refractivity contribution < 1.29 is 24.2 Å². The van der Waals surface area contributed by atoms with Crippen LogP contribution in [-0.2, 0) is 19.1 Å². The van der Waals surface area contributed by atoms with Crippen LogP contribution in [0.2, 0.25) is 5.02 Å². The first-order valence-corrected chi connectivity index (χ1v) is 6.75. The van der Waals surface area contributed by atoms with Gasteiger partial charge in [0.1, 0.15) is 6.54 Å². The molecule has 0 aromatic heterocycles. The van der Waals surface area contributed by atoms with Crippen LogP contribution in [0.4, 0.5) is 5.69 Å². The van der Waals surface area contributed by atoms with E-state index in [-0.39, 0.29) is 19.4 Å². The summed E-state index contributed by atoms with van der Waals surface area (Å²) in [6.07, 6.45) is -0.220. The van der Waals surface area contributed by atoms with Crippen molar-refractivity contribution in [2.24, 2.45) is 0 Å². The number of ether oxygens (including phenoxy) is 1. The molecule has 114 valence electrons. The lowest BCUT2D eigenvalue weighted by atomic mass is 10.2. The standard InChI is InChI=1S/C14H16ClNO5/c1-2-21-14(20)7-6-12(17)16(9-13(18)19)11-5-3-4-10(15)8-11/h3-5,8H,2,6-7,9H2,1H3,(H,18,19). The predicted molar refractivity (Wildman–Crippen MR) is 77.3 cm³/mol. The van der Waals surface area contributed by atoms with Gasteiger partial charge in [0.2, 0.25) is 5.91 Å². The average molecular weight is 314 g/mol. The van der Waals surface area contributed by atoms with Crippen LogP contribution in [0.15, 0.2) is 24.3 Å². The number of amides is 1. The fraction of sp³-hybridized carbons (Fsp3) is 0.357. The van der Waals surface area contributed by atoms with E-state index in [1.165, 1.54) is 6.07 Å². The van der Waals surface area contributed by atoms with Crippen LogP contribution in [0.1, 0.15) is 19.8 Å². The normalized spacial score (nSPS) is 10.0. The van der Waals surface area contributed by atoms with Crippen LogP contribution in [0.25, 0.3) is 0 Å². The quantitative estimate of drug-likeness (QED) is 0.779. The zero-order chi connectivity index (χ0) is 15.8. The summed E-state index contributed by atoms with van der Waals surface area (Å²) in [6.45, 7) is 1.41. The third-order valence-electron chi connectivity index (χ3n) is 2.56. The smallest absolute Gasteiger partial charge is 0.323 e. The number of carboxylic acids is 1. The van der Waals surface area contributed by atoms with Crippen molar-refractivity contribution in [2.45, 2.75) is 19.8 Å². The molecule has 0 aliphatic rings. The summed E-state index contributed by atoms with van der Waals surface area (Å²) in [5, 5.41) is 9.30. The van der Waals surface area contributed by atoms with E-state index in [4.69, 9.17) is 21.4 Å². The molecule has 0 aliphatic carbocycles. The molecule has 1 aromatic rings. The van der Waals surface area contributed by atoms with E-state index in [0.29, 0.717) is 10.7 Å². The minimum atomic E-state index is -1.15. The minimum absolute atomic E-state index is 0.0939. The van der Waals surface area contributed by atoms with Gasteiger partial charge < -0.3 is 14.7 Å². The van der Waals surface area contributed by atoms with Crippen molar-refractivity contribution in [3.05, 3.63) is 29.3 Å². The molecular weight excluding hydrogens is 298 g/mol. The molecule has 1 amide bonds. The highest BCUT2D eigenvalue weighted by Gasteiger charge is 2.20. The van der Waals surface area contributed by atoms with Crippen LogP contribution in [0.5, 0.6) is 0 Å². The number of benzene rings is 1. The topological polar surface area (TPSA) is 83.9 Å². The van der Waals surface area contributed by atoms with Gasteiger partial charge in [0.25, 0.3) is 0 Å². The highest BCUT2D eigenvalue weighted by atomic mass is 35.5. The molecule has 0 aliphatic heterocycles. The molecule has 0 saturated heterocycles. The Balaban J connectivity index is 2.80. The third-order valence-corrected chi connectivity index (χ3v) is 2.80. The van der Waals surface area contributed by atoms with Gasteiger partial charge in [-0.25, -0.2) is 0 Å². The van der Waals surface area contributed by atoms with Gasteiger partial charge in [0.15, 0.2) is 0 Å². The number of carbonyl (C=O) groups is 3. The number of nitrogens with zero attached hydrogens (tertiary/aromatic N) is 1. The summed E-state index contributed by atoms with van der Waals surface area (Å²) in [6, 6.07) is 6.31. The predicted octanol–water partition coefficient (Wildman–Crippen LogP) is 2.10. The van der Waals surface area contributed by atoms with Crippen molar-refractivity contribution in [1.82, 2.24) is 0 Å². The first-order chi connectivity index (χ1) is 9.93. The molecule has 7 heteroatoms. The van der Waals surface area contributed by atoms with Gasteiger partial charge in [0, 0.05) is 17.1 Å². The van der Waals surface area contributed by atoms with Crippen LogP contribution in [-0.4, -0.2) is 36.1 Å². The first-order valence-electron chi connectivity index (χ1n) is 6.37. The molecule has 0 unspecified atom stereocenters. The summed E-state index contributed by atoms with van der Waals surface area (Å²) < 4.78 is 4.73. The zero-order valence-electron chi connectivity index (χ0n) is 11.5. The Labute approximate surface area is 127 Å². The number of hydrogen-bond donors (Lipinski definition) is 1. The van der Waals surface area contributed by atoms with E-state index in [0.717, 1.165) is 4.90 Å². The fourth-order valence-corrected chi connectivity index (χ4v) is 1.86. The molecule has 6 nitrogen and oxygen atoms in total. The summed E-state index contributed by atoms with van der Waals surface area (Å²) >= 11 is 5.84. The van der Waals surface area contributed by atoms with Crippen LogP contribution < -0.4 is 4.90 Å². The SMILES string of the molecule is CCOC(=O)CCC(=O)N(CC(=O)O)c1cccc(Cl)c1. The molecule has 0 atom stereocenters. The van der Waals surface area contributed by atoms with E-state index >= 15 is 0 Å². The largest absolute Gasteiger partial charge is 0.480 e. The van der Waals surface area contributed by atoms with E-state index in [1.807, 2.05) is 0 Å². The zero-order valence-corrected chi connectivity index (χ0v) is 12.3. The Morgan fingerprint density at radius 1 is 1.29 bits per heavy atom. The number of esters is 1. The average Bonchev–Trinajstić information content (AvgIpc) is 2.42. The number of carbonyl (C=O) groups excluding carboxylic acids is 2. The molecule has 0 saturated carbocycles. The van der Waals surface area contributed by atoms with Crippen LogP contribution in [0, 0.1) is 0 Å². The Hall–Kier alpha value is -2.08. The Morgan fingerprint density at radius 3 is 2.57 bits per heavy atom. The number of anilines is 1. The highest BCUT2D eigenvalue weighted by Crippen LogP contribution is 2.20. The number of halogens is 1. The molecule has 1 N–H and O–H groups in total. The lowest BCUT2D eigenvalue weighted by Crippen LogP contribution is -2.36. The molecular formula is C14H16ClNO5. The van der Waals surface area contributed by atoms with Crippen LogP contribution in [0.3, 0.4) is 0 Å². The molecule has 0 heterocycles. The Bertz CT molecular complexity index is 532. The van der Waals surface area contributed by atoms with Gasteiger partial charge in [-0.1, -0.05) is 17.7 Å². The van der Waals surface area contributed by atoms with Crippen LogP contribution >= 0.6 is 11.6 Å². The van der Waals surface area contributed by atoms with Crippen molar-refractivity contribution in [3.8, 4) is 0 Å². The molecule has 21 heavy (non-hydrogen) atoms. The molecule has 0 spiro atoms. The van der Waals surface area contributed by atoms with Gasteiger partial charge in [-0.3, -0.25) is 14.4 Å².